The molecule has 1 spiro atoms. The highest BCUT2D eigenvalue weighted by Gasteiger charge is 2.38. The lowest BCUT2D eigenvalue weighted by molar-refractivity contribution is -0.140. The fraction of sp³-hybridized carbons (Fsp3) is 0.647. The van der Waals surface area contributed by atoms with Gasteiger partial charge in [-0.25, -0.2) is 0 Å². The van der Waals surface area contributed by atoms with Crippen LogP contribution in [0.4, 0.5) is 0 Å². The molecule has 0 saturated carbocycles. The van der Waals surface area contributed by atoms with Crippen molar-refractivity contribution >= 4 is 0 Å². The van der Waals surface area contributed by atoms with Crippen LogP contribution in [0.3, 0.4) is 0 Å². The number of rotatable bonds is 4. The zero-order valence-corrected chi connectivity index (χ0v) is 12.1. The average molecular weight is 275 g/mol. The molecule has 2 aliphatic heterocycles. The molecule has 1 atom stereocenters. The molecule has 0 amide bonds. The maximum atomic E-state index is 6.08. The summed E-state index contributed by atoms with van der Waals surface area (Å²) in [6.45, 7) is 3.66. The van der Waals surface area contributed by atoms with Crippen LogP contribution in [0.15, 0.2) is 30.3 Å². The van der Waals surface area contributed by atoms with E-state index >= 15 is 0 Å². The number of ether oxygens (including phenoxy) is 2. The van der Waals surface area contributed by atoms with E-state index < -0.39 is 0 Å². The van der Waals surface area contributed by atoms with Gasteiger partial charge in [-0.3, -0.25) is 0 Å². The van der Waals surface area contributed by atoms with Crippen LogP contribution in [-0.4, -0.2) is 38.0 Å². The van der Waals surface area contributed by atoms with Crippen LogP contribution < -0.4 is 5.32 Å². The summed E-state index contributed by atoms with van der Waals surface area (Å²) in [5.41, 5.74) is 1.51. The van der Waals surface area contributed by atoms with Gasteiger partial charge in [0.05, 0.1) is 5.60 Å². The molecule has 3 rings (SSSR count). The molecule has 1 aromatic rings. The van der Waals surface area contributed by atoms with Crippen LogP contribution in [0.1, 0.15) is 31.2 Å². The first-order valence-electron chi connectivity index (χ1n) is 7.85. The van der Waals surface area contributed by atoms with E-state index in [4.69, 9.17) is 9.47 Å². The van der Waals surface area contributed by atoms with Crippen molar-refractivity contribution in [1.29, 1.82) is 0 Å². The summed E-state index contributed by atoms with van der Waals surface area (Å²) in [4.78, 5) is 0. The maximum absolute atomic E-state index is 6.08. The fourth-order valence-corrected chi connectivity index (χ4v) is 3.36. The lowest BCUT2D eigenvalue weighted by Crippen LogP contribution is -2.50. The Morgan fingerprint density at radius 3 is 2.70 bits per heavy atom. The lowest BCUT2D eigenvalue weighted by Gasteiger charge is -2.43. The number of hydrogen-bond acceptors (Lipinski definition) is 3. The van der Waals surface area contributed by atoms with E-state index in [0.29, 0.717) is 6.04 Å². The summed E-state index contributed by atoms with van der Waals surface area (Å²) < 4.78 is 11.6. The predicted molar refractivity (Wildman–Crippen MR) is 79.9 cm³/mol. The Kier molecular flexibility index (Phi) is 4.71. The van der Waals surface area contributed by atoms with Gasteiger partial charge in [0.15, 0.2) is 0 Å². The topological polar surface area (TPSA) is 30.5 Å². The Morgan fingerprint density at radius 2 is 1.90 bits per heavy atom. The summed E-state index contributed by atoms with van der Waals surface area (Å²) in [7, 11) is 0. The molecule has 1 aromatic carbocycles. The van der Waals surface area contributed by atoms with Gasteiger partial charge in [-0.1, -0.05) is 30.3 Å². The minimum absolute atomic E-state index is 0.0981. The van der Waals surface area contributed by atoms with Gasteiger partial charge in [-0.05, 0) is 44.2 Å². The lowest BCUT2D eigenvalue weighted by atomic mass is 9.84. The molecule has 2 heterocycles. The third-order valence-electron chi connectivity index (χ3n) is 4.59. The van der Waals surface area contributed by atoms with E-state index in [-0.39, 0.29) is 5.60 Å². The maximum Gasteiger partial charge on any atom is 0.0741 e. The smallest absolute Gasteiger partial charge is 0.0741 e. The highest BCUT2D eigenvalue weighted by Crippen LogP contribution is 2.34. The van der Waals surface area contributed by atoms with Gasteiger partial charge < -0.3 is 14.8 Å². The number of benzene rings is 1. The van der Waals surface area contributed by atoms with E-state index in [1.807, 2.05) is 0 Å². The third-order valence-corrected chi connectivity index (χ3v) is 4.59. The SMILES string of the molecule is c1ccc(CCNC2CCOC3(CCOCC3)C2)cc1. The van der Waals surface area contributed by atoms with E-state index in [1.54, 1.807) is 0 Å². The second kappa shape index (κ2) is 6.70. The van der Waals surface area contributed by atoms with Crippen molar-refractivity contribution in [3.8, 4) is 0 Å². The molecule has 0 radical (unpaired) electrons. The van der Waals surface area contributed by atoms with Gasteiger partial charge in [-0.2, -0.15) is 0 Å². The van der Waals surface area contributed by atoms with Crippen molar-refractivity contribution in [2.75, 3.05) is 26.4 Å². The van der Waals surface area contributed by atoms with Gasteiger partial charge in [0.2, 0.25) is 0 Å². The van der Waals surface area contributed by atoms with Crippen molar-refractivity contribution in [2.24, 2.45) is 0 Å². The Balaban J connectivity index is 1.45. The monoisotopic (exact) mass is 275 g/mol. The Labute approximate surface area is 121 Å². The second-order valence-corrected chi connectivity index (χ2v) is 6.02. The molecule has 110 valence electrons. The Morgan fingerprint density at radius 1 is 1.10 bits per heavy atom. The molecule has 0 aliphatic carbocycles. The van der Waals surface area contributed by atoms with E-state index in [0.717, 1.165) is 58.5 Å². The van der Waals surface area contributed by atoms with Crippen molar-refractivity contribution in [3.05, 3.63) is 35.9 Å². The molecule has 1 unspecified atom stereocenters. The molecular weight excluding hydrogens is 250 g/mol. The van der Waals surface area contributed by atoms with Crippen molar-refractivity contribution in [2.45, 2.75) is 43.7 Å². The average Bonchev–Trinajstić information content (AvgIpc) is 2.49. The van der Waals surface area contributed by atoms with Crippen LogP contribution >= 0.6 is 0 Å². The minimum atomic E-state index is 0.0981. The van der Waals surface area contributed by atoms with Crippen molar-refractivity contribution in [1.82, 2.24) is 5.32 Å². The molecule has 20 heavy (non-hydrogen) atoms. The largest absolute Gasteiger partial charge is 0.381 e. The zero-order valence-electron chi connectivity index (χ0n) is 12.1. The van der Waals surface area contributed by atoms with Crippen molar-refractivity contribution < 1.29 is 9.47 Å². The summed E-state index contributed by atoms with van der Waals surface area (Å²) in [6, 6.07) is 11.3. The molecule has 1 N–H and O–H groups in total. The highest BCUT2D eigenvalue weighted by molar-refractivity contribution is 5.14. The predicted octanol–water partition coefficient (Wildman–Crippen LogP) is 2.55. The van der Waals surface area contributed by atoms with Gasteiger partial charge in [-0.15, -0.1) is 0 Å². The van der Waals surface area contributed by atoms with Crippen LogP contribution in [0, 0.1) is 0 Å². The quantitative estimate of drug-likeness (QED) is 0.916. The molecule has 3 nitrogen and oxygen atoms in total. The first kappa shape index (κ1) is 14.1. The van der Waals surface area contributed by atoms with Crippen molar-refractivity contribution in [3.63, 3.8) is 0 Å². The zero-order chi connectivity index (χ0) is 13.7. The minimum Gasteiger partial charge on any atom is -0.381 e. The Hall–Kier alpha value is -0.900. The molecular formula is C17H25NO2. The fourth-order valence-electron chi connectivity index (χ4n) is 3.36. The number of hydrogen-bond donors (Lipinski definition) is 1. The van der Waals surface area contributed by atoms with Gasteiger partial charge in [0.25, 0.3) is 0 Å². The van der Waals surface area contributed by atoms with E-state index in [2.05, 4.69) is 35.6 Å². The van der Waals surface area contributed by atoms with E-state index in [1.165, 1.54) is 5.56 Å². The molecule has 2 aliphatic rings. The number of nitrogens with one attached hydrogen (secondary N) is 1. The standard InChI is InChI=1S/C17H25NO2/c1-2-4-15(5-3-1)6-10-18-16-7-11-20-17(14-16)8-12-19-13-9-17/h1-5,16,18H,6-14H2. The van der Waals surface area contributed by atoms with Gasteiger partial charge in [0, 0.05) is 25.9 Å². The van der Waals surface area contributed by atoms with Gasteiger partial charge >= 0.3 is 0 Å². The van der Waals surface area contributed by atoms with E-state index in [9.17, 15) is 0 Å². The molecule has 2 fully saturated rings. The van der Waals surface area contributed by atoms with Gasteiger partial charge in [0.1, 0.15) is 0 Å². The summed E-state index contributed by atoms with van der Waals surface area (Å²) in [5.74, 6) is 0. The second-order valence-electron chi connectivity index (χ2n) is 6.02. The summed E-state index contributed by atoms with van der Waals surface area (Å²) in [5, 5.41) is 3.72. The summed E-state index contributed by atoms with van der Waals surface area (Å²) in [6.07, 6.45) is 5.50. The summed E-state index contributed by atoms with van der Waals surface area (Å²) >= 11 is 0. The molecule has 2 saturated heterocycles. The normalized spacial score (nSPS) is 25.7. The molecule has 0 aromatic heterocycles. The van der Waals surface area contributed by atoms with Crippen LogP contribution in [-0.2, 0) is 15.9 Å². The molecule has 3 heteroatoms. The third kappa shape index (κ3) is 3.60. The van der Waals surface area contributed by atoms with Crippen LogP contribution in [0.5, 0.6) is 0 Å². The van der Waals surface area contributed by atoms with Crippen LogP contribution in [0.25, 0.3) is 0 Å². The van der Waals surface area contributed by atoms with Crippen LogP contribution in [0.2, 0.25) is 0 Å². The first-order valence-corrected chi connectivity index (χ1v) is 7.85. The highest BCUT2D eigenvalue weighted by atomic mass is 16.5. The molecule has 0 bridgehead atoms. The first-order chi connectivity index (χ1) is 9.86. The Bertz CT molecular complexity index is 395.